The van der Waals surface area contributed by atoms with E-state index in [0.717, 1.165) is 39.5 Å². The minimum absolute atomic E-state index is 0.0384. The van der Waals surface area contributed by atoms with Crippen molar-refractivity contribution in [1.29, 1.82) is 0 Å². The maximum atomic E-state index is 13.0. The van der Waals surface area contributed by atoms with Gasteiger partial charge in [0.15, 0.2) is 0 Å². The van der Waals surface area contributed by atoms with Crippen LogP contribution in [0.25, 0.3) is 22.4 Å². The number of carbonyl (C=O) groups excluding carboxylic acids is 2. The number of halogens is 2. The van der Waals surface area contributed by atoms with Crippen LogP contribution in [-0.2, 0) is 35.3 Å². The van der Waals surface area contributed by atoms with Crippen molar-refractivity contribution in [1.82, 2.24) is 29.0 Å². The zero-order valence-corrected chi connectivity index (χ0v) is 29.1. The van der Waals surface area contributed by atoms with Crippen molar-refractivity contribution in [3.63, 3.8) is 0 Å². The zero-order chi connectivity index (χ0) is 35.4. The summed E-state index contributed by atoms with van der Waals surface area (Å²) < 4.78 is 32.5. The van der Waals surface area contributed by atoms with E-state index in [1.165, 1.54) is 21.2 Å². The van der Waals surface area contributed by atoms with E-state index in [1.54, 1.807) is 24.3 Å². The van der Waals surface area contributed by atoms with Gasteiger partial charge in [-0.05, 0) is 30.5 Å². The van der Waals surface area contributed by atoms with E-state index < -0.39 is 44.7 Å². The molecule has 1 atom stereocenters. The van der Waals surface area contributed by atoms with Crippen molar-refractivity contribution >= 4 is 50.7 Å². The van der Waals surface area contributed by atoms with E-state index in [2.05, 4.69) is 20.0 Å². The molecule has 1 fully saturated rings. The van der Waals surface area contributed by atoms with E-state index in [-0.39, 0.29) is 16.8 Å². The second-order valence-corrected chi connectivity index (χ2v) is 14.4. The lowest BCUT2D eigenvalue weighted by Gasteiger charge is -2.42. The van der Waals surface area contributed by atoms with Gasteiger partial charge in [0.2, 0.25) is 27.5 Å². The fraction of sp³-hybridized carbons (Fsp3) is 0.312. The minimum Gasteiger partial charge on any atom is -0.481 e. The fourth-order valence-electron chi connectivity index (χ4n) is 6.24. The summed E-state index contributed by atoms with van der Waals surface area (Å²) in [5.41, 5.74) is 2.43. The van der Waals surface area contributed by atoms with Crippen LogP contribution in [0.1, 0.15) is 34.1 Å². The standard InChI is InChI=1S/C32H31Cl2N7O7S/c1-39-31(44)27(37-40(2)32(39)45)29(43)35-21-10-6-8-19(26(21)34)18-7-5-9-20(25(18)33)22-13-16-11-12-23(24(16)30(36-22)48-3)41-14-17(15-41)28(42)38-49(4,46)47/h5-10,13,17,23H,11-12,14-15H2,1-4H3,(H,35,43)(H,38,42). The summed E-state index contributed by atoms with van der Waals surface area (Å²) >= 11 is 13.8. The molecule has 0 saturated carbocycles. The van der Waals surface area contributed by atoms with Crippen molar-refractivity contribution in [2.24, 2.45) is 20.0 Å². The number of aromatic nitrogens is 4. The number of rotatable bonds is 8. The van der Waals surface area contributed by atoms with Gasteiger partial charge in [0.1, 0.15) is 0 Å². The van der Waals surface area contributed by atoms with Gasteiger partial charge in [0, 0.05) is 55.5 Å². The monoisotopic (exact) mass is 727 g/mol. The average Bonchev–Trinajstić information content (AvgIpc) is 3.44. The molecule has 17 heteroatoms. The lowest BCUT2D eigenvalue weighted by atomic mass is 9.94. The SMILES string of the molecule is COc1nc(-c2cccc(-c3cccc(NC(=O)c4nn(C)c(=O)n(C)c4=O)c3Cl)c2Cl)cc2c1C(N1CC(C(=O)NS(C)(=O)=O)C1)CC2. The first-order valence-electron chi connectivity index (χ1n) is 15.1. The first-order valence-corrected chi connectivity index (χ1v) is 17.7. The molecule has 1 unspecified atom stereocenters. The summed E-state index contributed by atoms with van der Waals surface area (Å²) in [4.78, 5) is 56.9. The van der Waals surface area contributed by atoms with Crippen LogP contribution in [0.15, 0.2) is 52.1 Å². The molecule has 2 aromatic heterocycles. The van der Waals surface area contributed by atoms with Gasteiger partial charge in [-0.3, -0.25) is 28.6 Å². The number of aryl methyl sites for hydroxylation is 2. The number of hydrogen-bond acceptors (Lipinski definition) is 10. The van der Waals surface area contributed by atoms with E-state index in [1.807, 2.05) is 18.2 Å². The second-order valence-electron chi connectivity index (χ2n) is 11.9. The van der Waals surface area contributed by atoms with Crippen molar-refractivity contribution in [2.75, 3.05) is 31.8 Å². The van der Waals surface area contributed by atoms with Crippen molar-refractivity contribution in [3.05, 3.63) is 90.2 Å². The fourth-order valence-corrected chi connectivity index (χ4v) is 7.37. The van der Waals surface area contributed by atoms with Gasteiger partial charge in [-0.2, -0.15) is 5.10 Å². The Bertz CT molecular complexity index is 2270. The molecule has 3 heterocycles. The molecule has 0 bridgehead atoms. The molecule has 1 aliphatic carbocycles. The smallest absolute Gasteiger partial charge is 0.346 e. The number of likely N-dealkylation sites (tertiary alicyclic amines) is 1. The molecule has 1 aliphatic heterocycles. The Morgan fingerprint density at radius 2 is 1.65 bits per heavy atom. The molecule has 2 amide bonds. The van der Waals surface area contributed by atoms with E-state index in [9.17, 15) is 27.6 Å². The van der Waals surface area contributed by atoms with Crippen LogP contribution < -0.4 is 26.0 Å². The molecule has 2 N–H and O–H groups in total. The van der Waals surface area contributed by atoms with Gasteiger partial charge in [0.05, 0.1) is 40.7 Å². The number of nitrogens with one attached hydrogen (secondary N) is 2. The number of sulfonamides is 1. The average molecular weight is 729 g/mol. The molecule has 1 saturated heterocycles. The Morgan fingerprint density at radius 1 is 1.00 bits per heavy atom. The Kier molecular flexibility index (Phi) is 9.13. The van der Waals surface area contributed by atoms with Crippen LogP contribution in [0.5, 0.6) is 5.88 Å². The highest BCUT2D eigenvalue weighted by molar-refractivity contribution is 7.89. The molecular formula is C32H31Cl2N7O7S. The number of ether oxygens (including phenoxy) is 1. The Balaban J connectivity index is 1.27. The number of anilines is 1. The molecular weight excluding hydrogens is 697 g/mol. The van der Waals surface area contributed by atoms with Crippen LogP contribution in [0, 0.1) is 5.92 Å². The van der Waals surface area contributed by atoms with Gasteiger partial charge in [0.25, 0.3) is 11.5 Å². The summed E-state index contributed by atoms with van der Waals surface area (Å²) in [6.45, 7) is 0.839. The van der Waals surface area contributed by atoms with Crippen LogP contribution >= 0.6 is 23.2 Å². The number of fused-ring (bicyclic) bond motifs is 1. The first kappa shape index (κ1) is 34.3. The van der Waals surface area contributed by atoms with Gasteiger partial charge >= 0.3 is 5.69 Å². The van der Waals surface area contributed by atoms with Gasteiger partial charge < -0.3 is 10.1 Å². The third-order valence-corrected chi connectivity index (χ3v) is 10.1. The van der Waals surface area contributed by atoms with Crippen LogP contribution in [0.4, 0.5) is 5.69 Å². The van der Waals surface area contributed by atoms with Gasteiger partial charge in [-0.25, -0.2) is 22.9 Å². The predicted molar refractivity (Wildman–Crippen MR) is 183 cm³/mol. The number of hydrogen-bond donors (Lipinski definition) is 2. The van der Waals surface area contributed by atoms with Crippen LogP contribution in [0.3, 0.4) is 0 Å². The highest BCUT2D eigenvalue weighted by Crippen LogP contribution is 2.46. The number of benzene rings is 2. The molecule has 0 spiro atoms. The molecule has 6 rings (SSSR count). The molecule has 256 valence electrons. The van der Waals surface area contributed by atoms with Crippen LogP contribution in [-0.4, -0.2) is 70.9 Å². The number of carbonyl (C=O) groups is 2. The number of methoxy groups -OCH3 is 1. The summed E-state index contributed by atoms with van der Waals surface area (Å²) in [6.07, 6.45) is 2.47. The molecule has 0 radical (unpaired) electrons. The van der Waals surface area contributed by atoms with Crippen molar-refractivity contribution in [2.45, 2.75) is 18.9 Å². The van der Waals surface area contributed by atoms with Gasteiger partial charge in [-0.1, -0.05) is 53.5 Å². The van der Waals surface area contributed by atoms with Crippen LogP contribution in [0.2, 0.25) is 10.0 Å². The summed E-state index contributed by atoms with van der Waals surface area (Å²) in [5, 5.41) is 6.95. The maximum absolute atomic E-state index is 13.0. The first-order chi connectivity index (χ1) is 23.2. The molecule has 49 heavy (non-hydrogen) atoms. The van der Waals surface area contributed by atoms with Gasteiger partial charge in [-0.15, -0.1) is 0 Å². The Hall–Kier alpha value is -4.57. The normalized spacial score (nSPS) is 16.2. The van der Waals surface area contributed by atoms with E-state index in [4.69, 9.17) is 32.9 Å². The highest BCUT2D eigenvalue weighted by atomic mass is 35.5. The number of amides is 2. The summed E-state index contributed by atoms with van der Waals surface area (Å²) in [6, 6.07) is 12.3. The van der Waals surface area contributed by atoms with E-state index in [0.29, 0.717) is 46.4 Å². The zero-order valence-electron chi connectivity index (χ0n) is 26.8. The second kappa shape index (κ2) is 13.0. The quantitative estimate of drug-likeness (QED) is 0.275. The summed E-state index contributed by atoms with van der Waals surface area (Å²) in [7, 11) is 0.500. The minimum atomic E-state index is -3.63. The van der Waals surface area contributed by atoms with E-state index >= 15 is 0 Å². The number of pyridine rings is 1. The summed E-state index contributed by atoms with van der Waals surface area (Å²) in [5.74, 6) is -1.34. The molecule has 2 aliphatic rings. The largest absolute Gasteiger partial charge is 0.481 e. The Morgan fingerprint density at radius 3 is 2.33 bits per heavy atom. The molecule has 4 aromatic rings. The lowest BCUT2D eigenvalue weighted by Crippen LogP contribution is -2.55. The van der Waals surface area contributed by atoms with Crippen molar-refractivity contribution in [3.8, 4) is 28.3 Å². The topological polar surface area (TPSA) is 175 Å². The molecule has 2 aromatic carbocycles. The van der Waals surface area contributed by atoms with Crippen molar-refractivity contribution < 1.29 is 22.7 Å². The highest BCUT2D eigenvalue weighted by Gasteiger charge is 2.42. The maximum Gasteiger partial charge on any atom is 0.346 e. The lowest BCUT2D eigenvalue weighted by molar-refractivity contribution is -0.129. The number of nitrogens with zero attached hydrogens (tertiary/aromatic N) is 5. The third kappa shape index (κ3) is 6.46. The third-order valence-electron chi connectivity index (χ3n) is 8.68. The Labute approximate surface area is 290 Å². The predicted octanol–water partition coefficient (Wildman–Crippen LogP) is 2.77. The molecule has 14 nitrogen and oxygen atoms in total.